The van der Waals surface area contributed by atoms with Gasteiger partial charge < -0.3 is 5.73 Å². The predicted molar refractivity (Wildman–Crippen MR) is 104 cm³/mol. The molecule has 1 heterocycles. The fourth-order valence-electron chi connectivity index (χ4n) is 2.45. The molecule has 0 aliphatic heterocycles. The molecule has 0 bridgehead atoms. The van der Waals surface area contributed by atoms with Crippen molar-refractivity contribution in [2.24, 2.45) is 10.7 Å². The quantitative estimate of drug-likeness (QED) is 0.391. The molecule has 0 saturated carbocycles. The topological polar surface area (TPSA) is 51.3 Å². The number of aryl methyl sites for hydroxylation is 2. The summed E-state index contributed by atoms with van der Waals surface area (Å²) in [7, 11) is 0. The Kier molecular flexibility index (Phi) is 4.97. The summed E-state index contributed by atoms with van der Waals surface area (Å²) in [4.78, 5) is 9.10. The van der Waals surface area contributed by atoms with Crippen LogP contribution < -0.4 is 5.73 Å². The van der Waals surface area contributed by atoms with E-state index >= 15 is 0 Å². The highest BCUT2D eigenvalue weighted by Crippen LogP contribution is 2.32. The number of thiazole rings is 1. The van der Waals surface area contributed by atoms with Crippen LogP contribution in [0.5, 0.6) is 0 Å². The number of aromatic nitrogens is 1. The number of hydrogen-bond acceptors (Lipinski definition) is 3. The standard InChI is InChI=1S/C19H18ClN3S/c1-12-6-7-13(2)16(8-12)17-11-24-19(23-17)14-4-3-5-15(9-14)22-18(21)10-20/h3-9,11H,10H2,1-2H3,(H2,21,22). The van der Waals surface area contributed by atoms with E-state index in [0.29, 0.717) is 5.84 Å². The number of nitrogens with two attached hydrogens (primary N) is 1. The minimum Gasteiger partial charge on any atom is -0.386 e. The fraction of sp³-hybridized carbons (Fsp3) is 0.158. The number of nitrogens with zero attached hydrogens (tertiary/aromatic N) is 2. The van der Waals surface area contributed by atoms with Crippen molar-refractivity contribution in [3.63, 3.8) is 0 Å². The molecule has 0 atom stereocenters. The summed E-state index contributed by atoms with van der Waals surface area (Å²) in [5, 5.41) is 3.06. The van der Waals surface area contributed by atoms with Crippen LogP contribution in [0.2, 0.25) is 0 Å². The minimum absolute atomic E-state index is 0.220. The molecule has 0 spiro atoms. The SMILES string of the molecule is Cc1ccc(C)c(-c2csc(-c3cccc(N=C(N)CCl)c3)n2)c1. The summed E-state index contributed by atoms with van der Waals surface area (Å²) in [5.41, 5.74) is 12.2. The van der Waals surface area contributed by atoms with E-state index in [1.165, 1.54) is 16.7 Å². The summed E-state index contributed by atoms with van der Waals surface area (Å²) in [6.07, 6.45) is 0. The Labute approximate surface area is 150 Å². The summed E-state index contributed by atoms with van der Waals surface area (Å²) < 4.78 is 0. The molecule has 2 aromatic carbocycles. The number of aliphatic imine (C=N–C) groups is 1. The van der Waals surface area contributed by atoms with Crippen LogP contribution in [0, 0.1) is 13.8 Å². The molecule has 122 valence electrons. The van der Waals surface area contributed by atoms with Gasteiger partial charge in [-0.15, -0.1) is 22.9 Å². The van der Waals surface area contributed by atoms with E-state index in [2.05, 4.69) is 42.4 Å². The second kappa shape index (κ2) is 7.16. The maximum absolute atomic E-state index is 5.71. The van der Waals surface area contributed by atoms with Crippen LogP contribution in [0.15, 0.2) is 52.8 Å². The Balaban J connectivity index is 1.96. The van der Waals surface area contributed by atoms with E-state index in [9.17, 15) is 0 Å². The zero-order valence-electron chi connectivity index (χ0n) is 13.6. The van der Waals surface area contributed by atoms with E-state index < -0.39 is 0 Å². The van der Waals surface area contributed by atoms with Crippen LogP contribution in [-0.4, -0.2) is 16.7 Å². The lowest BCUT2D eigenvalue weighted by molar-refractivity contribution is 1.34. The molecule has 3 rings (SSSR count). The van der Waals surface area contributed by atoms with E-state index in [-0.39, 0.29) is 5.88 Å². The Morgan fingerprint density at radius 1 is 1.21 bits per heavy atom. The number of halogens is 1. The molecule has 5 heteroatoms. The van der Waals surface area contributed by atoms with Gasteiger partial charge >= 0.3 is 0 Å². The van der Waals surface area contributed by atoms with Crippen LogP contribution in [0.4, 0.5) is 5.69 Å². The highest BCUT2D eigenvalue weighted by atomic mass is 35.5. The van der Waals surface area contributed by atoms with Crippen LogP contribution in [0.25, 0.3) is 21.8 Å². The van der Waals surface area contributed by atoms with Gasteiger partial charge in [-0.3, -0.25) is 0 Å². The molecule has 0 amide bonds. The third-order valence-corrected chi connectivity index (χ3v) is 4.84. The van der Waals surface area contributed by atoms with Crippen molar-refractivity contribution in [1.82, 2.24) is 4.98 Å². The second-order valence-electron chi connectivity index (χ2n) is 5.64. The number of rotatable bonds is 4. The van der Waals surface area contributed by atoms with E-state index in [1.54, 1.807) is 11.3 Å². The van der Waals surface area contributed by atoms with Gasteiger partial charge in [-0.25, -0.2) is 9.98 Å². The third kappa shape index (κ3) is 3.66. The highest BCUT2D eigenvalue weighted by Gasteiger charge is 2.09. The van der Waals surface area contributed by atoms with Gasteiger partial charge in [0.25, 0.3) is 0 Å². The van der Waals surface area contributed by atoms with Crippen molar-refractivity contribution in [3.8, 4) is 21.8 Å². The first kappa shape index (κ1) is 16.7. The zero-order valence-corrected chi connectivity index (χ0v) is 15.2. The Morgan fingerprint density at radius 3 is 2.83 bits per heavy atom. The summed E-state index contributed by atoms with van der Waals surface area (Å²) >= 11 is 7.32. The molecular formula is C19H18ClN3S. The third-order valence-electron chi connectivity index (χ3n) is 3.68. The molecule has 3 aromatic rings. The first-order chi connectivity index (χ1) is 11.6. The van der Waals surface area contributed by atoms with Crippen molar-refractivity contribution in [1.29, 1.82) is 0 Å². The Morgan fingerprint density at radius 2 is 2.04 bits per heavy atom. The highest BCUT2D eigenvalue weighted by molar-refractivity contribution is 7.13. The number of hydrogen-bond donors (Lipinski definition) is 1. The molecule has 0 aliphatic carbocycles. The van der Waals surface area contributed by atoms with Crippen LogP contribution in [0.3, 0.4) is 0 Å². The van der Waals surface area contributed by atoms with Gasteiger partial charge in [-0.05, 0) is 37.6 Å². The largest absolute Gasteiger partial charge is 0.386 e. The van der Waals surface area contributed by atoms with Crippen molar-refractivity contribution in [3.05, 3.63) is 59.0 Å². The predicted octanol–water partition coefficient (Wildman–Crippen LogP) is 5.32. The van der Waals surface area contributed by atoms with Crippen molar-refractivity contribution in [2.75, 3.05) is 5.88 Å². The summed E-state index contributed by atoms with van der Waals surface area (Å²) in [5.74, 6) is 0.627. The average Bonchev–Trinajstić information content (AvgIpc) is 3.07. The van der Waals surface area contributed by atoms with Crippen LogP contribution >= 0.6 is 22.9 Å². The molecule has 1 aromatic heterocycles. The molecule has 0 aliphatic rings. The molecule has 0 unspecified atom stereocenters. The van der Waals surface area contributed by atoms with Gasteiger partial charge in [0.05, 0.1) is 17.3 Å². The minimum atomic E-state index is 0.220. The average molecular weight is 356 g/mol. The zero-order chi connectivity index (χ0) is 17.1. The first-order valence-corrected chi connectivity index (χ1v) is 9.01. The number of benzene rings is 2. The second-order valence-corrected chi connectivity index (χ2v) is 6.77. The molecule has 24 heavy (non-hydrogen) atoms. The molecule has 2 N–H and O–H groups in total. The van der Waals surface area contributed by atoms with Gasteiger partial charge in [0.1, 0.15) is 10.8 Å². The number of amidine groups is 1. The maximum Gasteiger partial charge on any atom is 0.124 e. The molecule has 0 saturated heterocycles. The van der Waals surface area contributed by atoms with Gasteiger partial charge in [0.2, 0.25) is 0 Å². The van der Waals surface area contributed by atoms with Crippen molar-refractivity contribution < 1.29 is 0 Å². The Bertz CT molecular complexity index is 899. The van der Waals surface area contributed by atoms with Crippen LogP contribution in [0.1, 0.15) is 11.1 Å². The van der Waals surface area contributed by atoms with Crippen molar-refractivity contribution >= 4 is 34.5 Å². The van der Waals surface area contributed by atoms with E-state index in [1.807, 2.05) is 24.3 Å². The lowest BCUT2D eigenvalue weighted by Gasteiger charge is -2.04. The van der Waals surface area contributed by atoms with E-state index in [0.717, 1.165) is 22.0 Å². The van der Waals surface area contributed by atoms with Gasteiger partial charge in [0, 0.05) is 16.5 Å². The Hall–Kier alpha value is -2.17. The monoisotopic (exact) mass is 355 g/mol. The number of alkyl halides is 1. The van der Waals surface area contributed by atoms with Crippen LogP contribution in [-0.2, 0) is 0 Å². The molecular weight excluding hydrogens is 338 g/mol. The van der Waals surface area contributed by atoms with Crippen molar-refractivity contribution in [2.45, 2.75) is 13.8 Å². The first-order valence-electron chi connectivity index (χ1n) is 7.59. The van der Waals surface area contributed by atoms with Gasteiger partial charge in [-0.2, -0.15) is 0 Å². The van der Waals surface area contributed by atoms with Gasteiger partial charge in [0.15, 0.2) is 0 Å². The molecule has 0 radical (unpaired) electrons. The summed E-state index contributed by atoms with van der Waals surface area (Å²) in [6, 6.07) is 14.3. The molecule has 3 nitrogen and oxygen atoms in total. The molecule has 0 fully saturated rings. The maximum atomic E-state index is 5.71. The normalized spacial score (nSPS) is 11.7. The van der Waals surface area contributed by atoms with Gasteiger partial charge in [-0.1, -0.05) is 29.8 Å². The van der Waals surface area contributed by atoms with E-state index in [4.69, 9.17) is 22.3 Å². The fourth-order valence-corrected chi connectivity index (χ4v) is 3.32. The summed E-state index contributed by atoms with van der Waals surface area (Å²) in [6.45, 7) is 4.21. The smallest absolute Gasteiger partial charge is 0.124 e. The lowest BCUT2D eigenvalue weighted by Crippen LogP contribution is -2.12. The lowest BCUT2D eigenvalue weighted by atomic mass is 10.0.